The maximum absolute atomic E-state index is 12.3. The summed E-state index contributed by atoms with van der Waals surface area (Å²) in [5, 5.41) is 2.88. The van der Waals surface area contributed by atoms with E-state index in [0.29, 0.717) is 17.3 Å². The first-order chi connectivity index (χ1) is 11.7. The van der Waals surface area contributed by atoms with E-state index in [1.165, 1.54) is 0 Å². The molecule has 1 aromatic carbocycles. The first-order valence-corrected chi connectivity index (χ1v) is 7.93. The summed E-state index contributed by atoms with van der Waals surface area (Å²) in [4.78, 5) is 16.7. The molecule has 0 saturated carbocycles. The maximum atomic E-state index is 12.3. The van der Waals surface area contributed by atoms with E-state index in [1.807, 2.05) is 50.7 Å². The minimum atomic E-state index is -0.595. The highest BCUT2D eigenvalue weighted by molar-refractivity contribution is 5.69. The van der Waals surface area contributed by atoms with Crippen molar-refractivity contribution in [2.75, 3.05) is 14.2 Å². The second-order valence-electron chi connectivity index (χ2n) is 6.62. The van der Waals surface area contributed by atoms with Crippen LogP contribution >= 0.6 is 0 Å². The van der Waals surface area contributed by atoms with Crippen molar-refractivity contribution in [3.63, 3.8) is 0 Å². The fraction of sp³-hybridized carbons (Fsp3) is 0.444. The number of nitrogens with zero attached hydrogens (tertiary/aromatic N) is 2. The van der Waals surface area contributed by atoms with Crippen molar-refractivity contribution in [1.82, 2.24) is 14.9 Å². The van der Waals surface area contributed by atoms with Crippen molar-refractivity contribution in [2.24, 2.45) is 7.05 Å². The molecule has 2 aromatic rings. The quantitative estimate of drug-likeness (QED) is 0.900. The van der Waals surface area contributed by atoms with Crippen LogP contribution in [-0.2, 0) is 11.8 Å². The minimum absolute atomic E-state index is 0.515. The van der Waals surface area contributed by atoms with E-state index < -0.39 is 17.7 Å². The molecule has 0 saturated heterocycles. The molecule has 0 aliphatic carbocycles. The second kappa shape index (κ2) is 7.46. The minimum Gasteiger partial charge on any atom is -0.497 e. The summed E-state index contributed by atoms with van der Waals surface area (Å²) >= 11 is 0. The van der Waals surface area contributed by atoms with E-state index in [4.69, 9.17) is 14.2 Å². The maximum Gasteiger partial charge on any atom is 0.408 e. The molecule has 0 bridgehead atoms. The fourth-order valence-corrected chi connectivity index (χ4v) is 2.37. The zero-order valence-corrected chi connectivity index (χ0v) is 15.5. The van der Waals surface area contributed by atoms with Crippen LogP contribution in [0.3, 0.4) is 0 Å². The van der Waals surface area contributed by atoms with Crippen LogP contribution in [0.15, 0.2) is 30.6 Å². The summed E-state index contributed by atoms with van der Waals surface area (Å²) < 4.78 is 17.9. The molecule has 25 heavy (non-hydrogen) atoms. The molecule has 0 radical (unpaired) electrons. The molecule has 1 unspecified atom stereocenters. The monoisotopic (exact) mass is 347 g/mol. The third kappa shape index (κ3) is 4.89. The zero-order valence-electron chi connectivity index (χ0n) is 15.5. The Kier molecular flexibility index (Phi) is 5.56. The number of alkyl carbamates (subject to hydrolysis) is 1. The van der Waals surface area contributed by atoms with E-state index >= 15 is 0 Å². The van der Waals surface area contributed by atoms with E-state index in [1.54, 1.807) is 26.5 Å². The first-order valence-electron chi connectivity index (χ1n) is 7.93. The number of amides is 1. The third-order valence-corrected chi connectivity index (χ3v) is 3.48. The Balaban J connectivity index is 2.42. The van der Waals surface area contributed by atoms with Crippen molar-refractivity contribution >= 4 is 6.09 Å². The Hall–Kier alpha value is -2.70. The fourth-order valence-electron chi connectivity index (χ4n) is 2.37. The molecule has 136 valence electrons. The molecule has 0 spiro atoms. The van der Waals surface area contributed by atoms with E-state index in [-0.39, 0.29) is 0 Å². The molecule has 2 rings (SSSR count). The van der Waals surface area contributed by atoms with Gasteiger partial charge in [-0.25, -0.2) is 9.78 Å². The highest BCUT2D eigenvalue weighted by atomic mass is 16.6. The molecule has 1 amide bonds. The molecule has 0 aliphatic heterocycles. The number of benzene rings is 1. The average molecular weight is 347 g/mol. The Morgan fingerprint density at radius 3 is 2.20 bits per heavy atom. The van der Waals surface area contributed by atoms with Gasteiger partial charge in [-0.05, 0) is 38.5 Å². The molecule has 1 N–H and O–H groups in total. The lowest BCUT2D eigenvalue weighted by Crippen LogP contribution is -2.36. The molecule has 7 nitrogen and oxygen atoms in total. The smallest absolute Gasteiger partial charge is 0.408 e. The van der Waals surface area contributed by atoms with Crippen LogP contribution < -0.4 is 14.8 Å². The van der Waals surface area contributed by atoms with Crippen LogP contribution in [-0.4, -0.2) is 35.5 Å². The van der Waals surface area contributed by atoms with Crippen LogP contribution in [0, 0.1) is 0 Å². The van der Waals surface area contributed by atoms with Gasteiger partial charge in [-0.3, -0.25) is 0 Å². The number of methoxy groups -OCH3 is 2. The van der Waals surface area contributed by atoms with Crippen LogP contribution in [0.25, 0.3) is 0 Å². The Bertz CT molecular complexity index is 712. The summed E-state index contributed by atoms with van der Waals surface area (Å²) in [6.45, 7) is 5.45. The van der Waals surface area contributed by atoms with Gasteiger partial charge >= 0.3 is 6.09 Å². The number of hydrogen-bond donors (Lipinski definition) is 1. The number of carbonyl (C=O) groups is 1. The average Bonchev–Trinajstić information content (AvgIpc) is 2.96. The Morgan fingerprint density at radius 1 is 1.16 bits per heavy atom. The van der Waals surface area contributed by atoms with Crippen molar-refractivity contribution in [1.29, 1.82) is 0 Å². The van der Waals surface area contributed by atoms with Crippen LogP contribution in [0.2, 0.25) is 0 Å². The van der Waals surface area contributed by atoms with Gasteiger partial charge in [-0.15, -0.1) is 0 Å². The van der Waals surface area contributed by atoms with Crippen molar-refractivity contribution in [3.8, 4) is 11.5 Å². The Morgan fingerprint density at radius 2 is 1.76 bits per heavy atom. The summed E-state index contributed by atoms with van der Waals surface area (Å²) in [5.41, 5.74) is 0.180. The SMILES string of the molecule is COc1cc(OC)cc(C(NC(=O)OC(C)(C)C)c2nccn2C)c1. The molecule has 1 aromatic heterocycles. The summed E-state index contributed by atoms with van der Waals surface area (Å²) in [7, 11) is 5.02. The highest BCUT2D eigenvalue weighted by Gasteiger charge is 2.25. The highest BCUT2D eigenvalue weighted by Crippen LogP contribution is 2.29. The first kappa shape index (κ1) is 18.6. The van der Waals surface area contributed by atoms with Crippen LogP contribution in [0.1, 0.15) is 38.2 Å². The van der Waals surface area contributed by atoms with Crippen molar-refractivity contribution in [3.05, 3.63) is 42.0 Å². The van der Waals surface area contributed by atoms with E-state index in [2.05, 4.69) is 10.3 Å². The predicted octanol–water partition coefficient (Wildman–Crippen LogP) is 3.05. The second-order valence-corrected chi connectivity index (χ2v) is 6.62. The summed E-state index contributed by atoms with van der Waals surface area (Å²) in [6.07, 6.45) is 2.97. The Labute approximate surface area is 147 Å². The molecular weight excluding hydrogens is 322 g/mol. The molecular formula is C18H25N3O4. The van der Waals surface area contributed by atoms with Gasteiger partial charge in [-0.2, -0.15) is 0 Å². The lowest BCUT2D eigenvalue weighted by Gasteiger charge is -2.24. The van der Waals surface area contributed by atoms with Gasteiger partial charge in [0.2, 0.25) is 0 Å². The number of nitrogens with one attached hydrogen (secondary N) is 1. The number of aromatic nitrogens is 2. The third-order valence-electron chi connectivity index (χ3n) is 3.48. The van der Waals surface area contributed by atoms with E-state index in [0.717, 1.165) is 5.56 Å². The number of ether oxygens (including phenoxy) is 3. The van der Waals surface area contributed by atoms with Crippen molar-refractivity contribution in [2.45, 2.75) is 32.4 Å². The normalized spacial score (nSPS) is 12.4. The molecule has 0 fully saturated rings. The van der Waals surface area contributed by atoms with Crippen LogP contribution in [0.4, 0.5) is 4.79 Å². The van der Waals surface area contributed by atoms with Gasteiger partial charge in [0.1, 0.15) is 29.0 Å². The number of imidazole rings is 1. The van der Waals surface area contributed by atoms with Gasteiger partial charge < -0.3 is 24.1 Å². The van der Waals surface area contributed by atoms with Crippen molar-refractivity contribution < 1.29 is 19.0 Å². The lowest BCUT2D eigenvalue weighted by molar-refractivity contribution is 0.0509. The molecule has 0 aliphatic rings. The topological polar surface area (TPSA) is 74.6 Å². The molecule has 1 heterocycles. The lowest BCUT2D eigenvalue weighted by atomic mass is 10.1. The summed E-state index contributed by atoms with van der Waals surface area (Å²) in [5.74, 6) is 1.92. The number of rotatable bonds is 5. The number of hydrogen-bond acceptors (Lipinski definition) is 5. The van der Waals surface area contributed by atoms with Crippen LogP contribution in [0.5, 0.6) is 11.5 Å². The van der Waals surface area contributed by atoms with E-state index in [9.17, 15) is 4.79 Å². The largest absolute Gasteiger partial charge is 0.497 e. The van der Waals surface area contributed by atoms with Gasteiger partial charge in [0.05, 0.1) is 14.2 Å². The predicted molar refractivity (Wildman–Crippen MR) is 94.0 cm³/mol. The molecule has 1 atom stereocenters. The zero-order chi connectivity index (χ0) is 18.6. The molecule has 7 heteroatoms. The van der Waals surface area contributed by atoms with Gasteiger partial charge in [0.25, 0.3) is 0 Å². The standard InChI is InChI=1S/C18H25N3O4/c1-18(2,3)25-17(22)20-15(16-19-7-8-21(16)4)12-9-13(23-5)11-14(10-12)24-6/h7-11,15H,1-6H3,(H,20,22). The van der Waals surface area contributed by atoms with Gasteiger partial charge in [0.15, 0.2) is 0 Å². The van der Waals surface area contributed by atoms with Gasteiger partial charge in [0, 0.05) is 25.5 Å². The van der Waals surface area contributed by atoms with Gasteiger partial charge in [-0.1, -0.05) is 0 Å². The number of aryl methyl sites for hydroxylation is 1. The number of carbonyl (C=O) groups excluding carboxylic acids is 1. The summed E-state index contributed by atoms with van der Waals surface area (Å²) in [6, 6.07) is 4.92.